The van der Waals surface area contributed by atoms with E-state index < -0.39 is 0 Å². The fourth-order valence-electron chi connectivity index (χ4n) is 2.72. The van der Waals surface area contributed by atoms with Crippen LogP contribution in [0.1, 0.15) is 44.2 Å². The number of fused-ring (bicyclic) bond motifs is 1. The van der Waals surface area contributed by atoms with Crippen LogP contribution in [-0.4, -0.2) is 15.7 Å². The lowest BCUT2D eigenvalue weighted by Crippen LogP contribution is -2.30. The maximum Gasteiger partial charge on any atom is 0.226 e. The molecule has 2 aromatic rings. The van der Waals surface area contributed by atoms with Crippen LogP contribution in [0.15, 0.2) is 30.5 Å². The van der Waals surface area contributed by atoms with Crippen molar-refractivity contribution in [2.75, 3.05) is 5.32 Å². The summed E-state index contributed by atoms with van der Waals surface area (Å²) in [6.07, 6.45) is 2.30. The van der Waals surface area contributed by atoms with Gasteiger partial charge in [0.1, 0.15) is 5.82 Å². The molecule has 1 amide bonds. The third-order valence-corrected chi connectivity index (χ3v) is 3.98. The van der Waals surface area contributed by atoms with Gasteiger partial charge in [0.15, 0.2) is 0 Å². The van der Waals surface area contributed by atoms with Gasteiger partial charge in [-0.3, -0.25) is 4.79 Å². The second-order valence-corrected chi connectivity index (χ2v) is 6.82. The van der Waals surface area contributed by atoms with Crippen LogP contribution >= 0.6 is 11.6 Å². The molecule has 1 unspecified atom stereocenters. The fraction of sp³-hybridized carbons (Fsp3) is 0.375. The normalized spacial score (nSPS) is 18.3. The van der Waals surface area contributed by atoms with E-state index >= 15 is 0 Å². The van der Waals surface area contributed by atoms with Crippen molar-refractivity contribution in [1.82, 2.24) is 9.78 Å². The molecule has 3 rings (SSSR count). The van der Waals surface area contributed by atoms with Gasteiger partial charge in [0.2, 0.25) is 5.91 Å². The molecule has 0 radical (unpaired) electrons. The largest absolute Gasteiger partial charge is 0.311 e. The van der Waals surface area contributed by atoms with E-state index in [1.807, 2.05) is 35.1 Å². The lowest BCUT2D eigenvalue weighted by molar-refractivity contribution is -0.116. The quantitative estimate of drug-likeness (QED) is 0.872. The Bertz CT molecular complexity index is 683. The van der Waals surface area contributed by atoms with Gasteiger partial charge in [-0.1, -0.05) is 23.7 Å². The van der Waals surface area contributed by atoms with Crippen LogP contribution in [0.5, 0.6) is 0 Å². The number of carbonyl (C=O) groups is 1. The molecule has 0 aliphatic carbocycles. The van der Waals surface area contributed by atoms with Gasteiger partial charge in [-0.2, -0.15) is 5.10 Å². The van der Waals surface area contributed by atoms with Gasteiger partial charge in [-0.05, 0) is 38.5 Å². The first-order valence-electron chi connectivity index (χ1n) is 7.00. The molecule has 1 atom stereocenters. The molecular formula is C16H18ClN3O. The SMILES string of the molecule is CC(C)(C)n1ncc2c1NC(=O)CC2c1ccc(Cl)cc1. The third kappa shape index (κ3) is 2.56. The van der Waals surface area contributed by atoms with Crippen LogP contribution in [-0.2, 0) is 10.3 Å². The number of hydrogen-bond acceptors (Lipinski definition) is 2. The Labute approximate surface area is 129 Å². The second-order valence-electron chi connectivity index (χ2n) is 6.39. The number of amides is 1. The molecule has 1 N–H and O–H groups in total. The van der Waals surface area contributed by atoms with E-state index in [1.54, 1.807) is 0 Å². The molecule has 1 aliphatic heterocycles. The minimum atomic E-state index is -0.178. The molecule has 1 aromatic heterocycles. The summed E-state index contributed by atoms with van der Waals surface area (Å²) in [6, 6.07) is 7.67. The van der Waals surface area contributed by atoms with Crippen LogP contribution < -0.4 is 5.32 Å². The number of carbonyl (C=O) groups excluding carboxylic acids is 1. The summed E-state index contributed by atoms with van der Waals surface area (Å²) in [7, 11) is 0. The lowest BCUT2D eigenvalue weighted by Gasteiger charge is -2.28. The molecule has 5 heteroatoms. The second kappa shape index (κ2) is 4.88. The Balaban J connectivity index is 2.09. The summed E-state index contributed by atoms with van der Waals surface area (Å²) in [5, 5.41) is 8.13. The van der Waals surface area contributed by atoms with Crippen LogP contribution in [0, 0.1) is 0 Å². The molecule has 0 fully saturated rings. The van der Waals surface area contributed by atoms with Crippen molar-refractivity contribution in [3.8, 4) is 0 Å². The van der Waals surface area contributed by atoms with E-state index in [9.17, 15) is 4.79 Å². The molecule has 110 valence electrons. The van der Waals surface area contributed by atoms with E-state index in [0.29, 0.717) is 11.4 Å². The number of aromatic nitrogens is 2. The molecule has 2 heterocycles. The summed E-state index contributed by atoms with van der Waals surface area (Å²) in [5.41, 5.74) is 1.97. The van der Waals surface area contributed by atoms with Gasteiger partial charge >= 0.3 is 0 Å². The topological polar surface area (TPSA) is 46.9 Å². The van der Waals surface area contributed by atoms with Gasteiger partial charge in [0.25, 0.3) is 0 Å². The monoisotopic (exact) mass is 303 g/mol. The van der Waals surface area contributed by atoms with E-state index in [-0.39, 0.29) is 17.4 Å². The zero-order valence-electron chi connectivity index (χ0n) is 12.4. The minimum absolute atomic E-state index is 0.0217. The molecule has 0 saturated carbocycles. The highest BCUT2D eigenvalue weighted by Gasteiger charge is 2.32. The molecule has 21 heavy (non-hydrogen) atoms. The zero-order valence-corrected chi connectivity index (χ0v) is 13.1. The summed E-state index contributed by atoms with van der Waals surface area (Å²) in [6.45, 7) is 6.20. The standard InChI is InChI=1S/C16H18ClN3O/c1-16(2,3)20-15-13(9-18-20)12(8-14(21)19-15)10-4-6-11(17)7-5-10/h4-7,9,12H,8H2,1-3H3,(H,19,21). The Hall–Kier alpha value is -1.81. The lowest BCUT2D eigenvalue weighted by atomic mass is 9.87. The zero-order chi connectivity index (χ0) is 15.2. The van der Waals surface area contributed by atoms with Gasteiger partial charge in [0.05, 0.1) is 11.7 Å². The summed E-state index contributed by atoms with van der Waals surface area (Å²) in [5.74, 6) is 0.856. The molecule has 1 aliphatic rings. The van der Waals surface area contributed by atoms with E-state index in [0.717, 1.165) is 16.9 Å². The van der Waals surface area contributed by atoms with Crippen molar-refractivity contribution in [2.45, 2.75) is 38.6 Å². The first-order chi connectivity index (χ1) is 9.86. The van der Waals surface area contributed by atoms with Crippen molar-refractivity contribution < 1.29 is 4.79 Å². The van der Waals surface area contributed by atoms with Gasteiger partial charge in [-0.25, -0.2) is 4.68 Å². The molecular weight excluding hydrogens is 286 g/mol. The number of hydrogen-bond donors (Lipinski definition) is 1. The molecule has 1 aromatic carbocycles. The summed E-state index contributed by atoms with van der Waals surface area (Å²) in [4.78, 5) is 12.1. The number of rotatable bonds is 1. The van der Waals surface area contributed by atoms with Crippen LogP contribution in [0.4, 0.5) is 5.82 Å². The van der Waals surface area contributed by atoms with Gasteiger partial charge in [-0.15, -0.1) is 0 Å². The summed E-state index contributed by atoms with van der Waals surface area (Å²) >= 11 is 5.95. The smallest absolute Gasteiger partial charge is 0.226 e. The average molecular weight is 304 g/mol. The summed E-state index contributed by atoms with van der Waals surface area (Å²) < 4.78 is 1.88. The predicted molar refractivity (Wildman–Crippen MR) is 83.8 cm³/mol. The highest BCUT2D eigenvalue weighted by Crippen LogP contribution is 2.38. The Kier molecular flexibility index (Phi) is 3.29. The average Bonchev–Trinajstić information content (AvgIpc) is 2.82. The van der Waals surface area contributed by atoms with E-state index in [1.165, 1.54) is 0 Å². The Morgan fingerprint density at radius 3 is 2.57 bits per heavy atom. The van der Waals surface area contributed by atoms with Crippen LogP contribution in [0.3, 0.4) is 0 Å². The Morgan fingerprint density at radius 2 is 1.95 bits per heavy atom. The first kappa shape index (κ1) is 14.1. The molecule has 0 bridgehead atoms. The maximum absolute atomic E-state index is 12.1. The molecule has 4 nitrogen and oxygen atoms in total. The highest BCUT2D eigenvalue weighted by atomic mass is 35.5. The fourth-order valence-corrected chi connectivity index (χ4v) is 2.85. The van der Waals surface area contributed by atoms with Gasteiger partial charge in [0, 0.05) is 22.9 Å². The van der Waals surface area contributed by atoms with Gasteiger partial charge < -0.3 is 5.32 Å². The number of halogens is 1. The van der Waals surface area contributed by atoms with Crippen molar-refractivity contribution >= 4 is 23.3 Å². The Morgan fingerprint density at radius 1 is 1.29 bits per heavy atom. The molecule has 0 spiro atoms. The van der Waals surface area contributed by atoms with Crippen molar-refractivity contribution in [1.29, 1.82) is 0 Å². The number of anilines is 1. The van der Waals surface area contributed by atoms with Crippen LogP contribution in [0.25, 0.3) is 0 Å². The van der Waals surface area contributed by atoms with Crippen molar-refractivity contribution in [3.63, 3.8) is 0 Å². The maximum atomic E-state index is 12.1. The van der Waals surface area contributed by atoms with Crippen molar-refractivity contribution in [2.24, 2.45) is 0 Å². The third-order valence-electron chi connectivity index (χ3n) is 3.73. The highest BCUT2D eigenvalue weighted by molar-refractivity contribution is 6.30. The van der Waals surface area contributed by atoms with E-state index in [4.69, 9.17) is 11.6 Å². The number of nitrogens with zero attached hydrogens (tertiary/aromatic N) is 2. The minimum Gasteiger partial charge on any atom is -0.311 e. The van der Waals surface area contributed by atoms with Crippen molar-refractivity contribution in [3.05, 3.63) is 46.6 Å². The van der Waals surface area contributed by atoms with E-state index in [2.05, 4.69) is 31.2 Å². The number of benzene rings is 1. The first-order valence-corrected chi connectivity index (χ1v) is 7.38. The number of nitrogens with one attached hydrogen (secondary N) is 1. The van der Waals surface area contributed by atoms with Crippen LogP contribution in [0.2, 0.25) is 5.02 Å². The molecule has 0 saturated heterocycles. The predicted octanol–water partition coefficient (Wildman–Crippen LogP) is 3.77.